The molecule has 1 N–H and O–H groups in total. The van der Waals surface area contributed by atoms with Gasteiger partial charge in [-0.25, -0.2) is 4.39 Å². The molecule has 128 valence electrons. The molecule has 2 fully saturated rings. The topological polar surface area (TPSA) is 52.2 Å². The van der Waals surface area contributed by atoms with Crippen LogP contribution in [0, 0.1) is 23.6 Å². The monoisotopic (exact) mass is 336 g/mol. The highest BCUT2D eigenvalue weighted by molar-refractivity contribution is 5.87. The molecule has 0 radical (unpaired) electrons. The zero-order valence-corrected chi connectivity index (χ0v) is 13.7. The summed E-state index contributed by atoms with van der Waals surface area (Å²) in [7, 11) is 0. The number of benzene rings is 2. The number of carbonyl (C=O) groups is 1. The van der Waals surface area contributed by atoms with E-state index < -0.39 is 5.97 Å². The zero-order valence-electron chi connectivity index (χ0n) is 13.7. The molecule has 5 atom stereocenters. The number of halogens is 1. The number of carbonyl (C=O) groups excluding carboxylic acids is 1. The first-order valence-corrected chi connectivity index (χ1v) is 8.99. The standard InChI is InChI=1S/C21H20FNO2/c22-16-4-2-1-3-14(16)20-19-12-6-5-11(9-12)18(19)15-10-13(21(24)25)7-8-17(15)23-20/h1-4,7-8,10-12,18-20,23H,5-6,9H2,(H,24,25)/p-1/t11-,12+,18+,19-,20+/m0/s1. The van der Waals surface area contributed by atoms with Crippen LogP contribution in [-0.4, -0.2) is 5.97 Å². The summed E-state index contributed by atoms with van der Waals surface area (Å²) in [5.41, 5.74) is 2.96. The van der Waals surface area contributed by atoms with Gasteiger partial charge in [-0.2, -0.15) is 0 Å². The minimum Gasteiger partial charge on any atom is -0.545 e. The van der Waals surface area contributed by atoms with Gasteiger partial charge in [0.25, 0.3) is 0 Å². The Bertz CT molecular complexity index is 865. The summed E-state index contributed by atoms with van der Waals surface area (Å²) in [4.78, 5) is 11.3. The molecule has 4 heteroatoms. The van der Waals surface area contributed by atoms with Gasteiger partial charge in [-0.3, -0.25) is 0 Å². The average Bonchev–Trinajstić information content (AvgIpc) is 3.23. The van der Waals surface area contributed by atoms with Crippen molar-refractivity contribution in [1.82, 2.24) is 0 Å². The van der Waals surface area contributed by atoms with Gasteiger partial charge in [-0.1, -0.05) is 24.3 Å². The summed E-state index contributed by atoms with van der Waals surface area (Å²) in [5, 5.41) is 14.8. The molecule has 5 rings (SSSR count). The second-order valence-electron chi connectivity index (χ2n) is 7.67. The maximum Gasteiger partial charge on any atom is 0.128 e. The summed E-state index contributed by atoms with van der Waals surface area (Å²) in [5.74, 6) is 0.461. The highest BCUT2D eigenvalue weighted by atomic mass is 19.1. The molecule has 3 nitrogen and oxygen atoms in total. The fourth-order valence-electron chi connectivity index (χ4n) is 5.65. The van der Waals surface area contributed by atoms with Crippen molar-refractivity contribution in [1.29, 1.82) is 0 Å². The van der Waals surface area contributed by atoms with Gasteiger partial charge in [0.15, 0.2) is 0 Å². The molecule has 2 aliphatic carbocycles. The molecule has 0 spiro atoms. The van der Waals surface area contributed by atoms with E-state index in [4.69, 9.17) is 0 Å². The molecule has 2 aromatic rings. The number of carboxylic acid groups (broad SMARTS) is 1. The molecule has 2 bridgehead atoms. The predicted octanol–water partition coefficient (Wildman–Crippen LogP) is 3.49. The summed E-state index contributed by atoms with van der Waals surface area (Å²) >= 11 is 0. The first kappa shape index (κ1) is 14.9. The smallest absolute Gasteiger partial charge is 0.128 e. The van der Waals surface area contributed by atoms with Crippen LogP contribution < -0.4 is 10.4 Å². The Kier molecular flexibility index (Phi) is 3.18. The van der Waals surface area contributed by atoms with E-state index in [1.165, 1.54) is 18.9 Å². The normalized spacial score (nSPS) is 32.0. The number of anilines is 1. The summed E-state index contributed by atoms with van der Waals surface area (Å²) < 4.78 is 14.5. The predicted molar refractivity (Wildman–Crippen MR) is 90.6 cm³/mol. The van der Waals surface area contributed by atoms with Crippen LogP contribution in [0.15, 0.2) is 42.5 Å². The van der Waals surface area contributed by atoms with Gasteiger partial charge in [-0.15, -0.1) is 0 Å². The molecule has 0 unspecified atom stereocenters. The Hall–Kier alpha value is -2.36. The fourth-order valence-corrected chi connectivity index (χ4v) is 5.65. The minimum absolute atomic E-state index is 0.0530. The van der Waals surface area contributed by atoms with Crippen LogP contribution >= 0.6 is 0 Å². The van der Waals surface area contributed by atoms with E-state index >= 15 is 0 Å². The lowest BCUT2D eigenvalue weighted by molar-refractivity contribution is -0.255. The highest BCUT2D eigenvalue weighted by Crippen LogP contribution is 2.63. The molecule has 1 heterocycles. The first-order chi connectivity index (χ1) is 12.1. The van der Waals surface area contributed by atoms with Gasteiger partial charge in [0, 0.05) is 11.3 Å². The first-order valence-electron chi connectivity index (χ1n) is 8.99. The van der Waals surface area contributed by atoms with Gasteiger partial charge in [0.05, 0.1) is 12.0 Å². The van der Waals surface area contributed by atoms with E-state index in [0.29, 0.717) is 23.7 Å². The van der Waals surface area contributed by atoms with E-state index in [-0.39, 0.29) is 17.4 Å². The molecular weight excluding hydrogens is 317 g/mol. The number of rotatable bonds is 2. The number of aromatic carboxylic acids is 1. The maximum atomic E-state index is 14.5. The third-order valence-corrected chi connectivity index (χ3v) is 6.56. The van der Waals surface area contributed by atoms with Crippen LogP contribution in [-0.2, 0) is 0 Å². The van der Waals surface area contributed by atoms with Crippen LogP contribution in [0.2, 0.25) is 0 Å². The van der Waals surface area contributed by atoms with Crippen molar-refractivity contribution in [2.24, 2.45) is 17.8 Å². The molecule has 25 heavy (non-hydrogen) atoms. The minimum atomic E-state index is -1.14. The number of hydrogen-bond donors (Lipinski definition) is 1. The summed E-state index contributed by atoms with van der Waals surface area (Å²) in [6.07, 6.45) is 3.54. The Balaban J connectivity index is 1.65. The average molecular weight is 336 g/mol. The Morgan fingerprint density at radius 1 is 1.08 bits per heavy atom. The van der Waals surface area contributed by atoms with Gasteiger partial charge < -0.3 is 15.2 Å². The molecule has 0 aromatic heterocycles. The second kappa shape index (κ2) is 5.32. The second-order valence-corrected chi connectivity index (χ2v) is 7.67. The van der Waals surface area contributed by atoms with Crippen molar-refractivity contribution in [3.8, 4) is 0 Å². The summed E-state index contributed by atoms with van der Waals surface area (Å²) in [6, 6.07) is 12.1. The van der Waals surface area contributed by atoms with Crippen LogP contribution in [0.25, 0.3) is 0 Å². The lowest BCUT2D eigenvalue weighted by atomic mass is 9.68. The molecular formula is C21H19FNO2-. The van der Waals surface area contributed by atoms with E-state index in [0.717, 1.165) is 23.2 Å². The Labute approximate surface area is 145 Å². The van der Waals surface area contributed by atoms with Crippen LogP contribution in [0.5, 0.6) is 0 Å². The van der Waals surface area contributed by atoms with E-state index in [2.05, 4.69) is 5.32 Å². The Morgan fingerprint density at radius 3 is 2.68 bits per heavy atom. The third-order valence-electron chi connectivity index (χ3n) is 6.56. The molecule has 2 saturated carbocycles. The number of hydrogen-bond acceptors (Lipinski definition) is 3. The van der Waals surface area contributed by atoms with Crippen molar-refractivity contribution < 1.29 is 14.3 Å². The van der Waals surface area contributed by atoms with Crippen molar-refractivity contribution in [3.63, 3.8) is 0 Å². The van der Waals surface area contributed by atoms with Gasteiger partial charge in [0.2, 0.25) is 0 Å². The van der Waals surface area contributed by atoms with Crippen molar-refractivity contribution in [3.05, 3.63) is 65.0 Å². The van der Waals surface area contributed by atoms with Crippen molar-refractivity contribution in [2.75, 3.05) is 5.32 Å². The summed E-state index contributed by atoms with van der Waals surface area (Å²) in [6.45, 7) is 0. The zero-order chi connectivity index (χ0) is 17.1. The van der Waals surface area contributed by atoms with Crippen LogP contribution in [0.4, 0.5) is 10.1 Å². The van der Waals surface area contributed by atoms with Gasteiger partial charge in [0.1, 0.15) is 5.82 Å². The quantitative estimate of drug-likeness (QED) is 0.913. The number of fused-ring (bicyclic) bond motifs is 7. The number of carboxylic acids is 1. The lowest BCUT2D eigenvalue weighted by Crippen LogP contribution is -2.36. The fraction of sp³-hybridized carbons (Fsp3) is 0.381. The molecule has 3 aliphatic rings. The SMILES string of the molecule is O=C([O-])c1ccc2c(c1)[C@H]1[C@H]3CC[C@H](C3)[C@@H]1[C@@H](c1ccccc1F)N2. The third kappa shape index (κ3) is 2.13. The molecule has 0 amide bonds. The van der Waals surface area contributed by atoms with Crippen LogP contribution in [0.1, 0.15) is 52.7 Å². The van der Waals surface area contributed by atoms with Crippen molar-refractivity contribution in [2.45, 2.75) is 31.2 Å². The lowest BCUT2D eigenvalue weighted by Gasteiger charge is -2.43. The van der Waals surface area contributed by atoms with E-state index in [1.54, 1.807) is 18.2 Å². The maximum absolute atomic E-state index is 14.5. The molecule has 2 aromatic carbocycles. The number of nitrogens with one attached hydrogen (secondary N) is 1. The molecule has 0 saturated heterocycles. The highest BCUT2D eigenvalue weighted by Gasteiger charge is 2.54. The Morgan fingerprint density at radius 2 is 1.88 bits per heavy atom. The van der Waals surface area contributed by atoms with E-state index in [1.807, 2.05) is 18.2 Å². The molecule has 1 aliphatic heterocycles. The van der Waals surface area contributed by atoms with Gasteiger partial charge in [-0.05, 0) is 72.3 Å². The van der Waals surface area contributed by atoms with Gasteiger partial charge >= 0.3 is 0 Å². The van der Waals surface area contributed by atoms with E-state index in [9.17, 15) is 14.3 Å². The van der Waals surface area contributed by atoms with Crippen LogP contribution in [0.3, 0.4) is 0 Å². The largest absolute Gasteiger partial charge is 0.545 e. The van der Waals surface area contributed by atoms with Crippen molar-refractivity contribution >= 4 is 11.7 Å².